The lowest BCUT2D eigenvalue weighted by Gasteiger charge is -2.14. The lowest BCUT2D eigenvalue weighted by molar-refractivity contribution is 0.589. The highest BCUT2D eigenvalue weighted by atomic mass is 35.5. The summed E-state index contributed by atoms with van der Waals surface area (Å²) in [6, 6.07) is 6.56. The Bertz CT molecular complexity index is 629. The number of hydrogen-bond acceptors (Lipinski definition) is 2. The number of nitrogens with zero attached hydrogens (tertiary/aromatic N) is 2. The summed E-state index contributed by atoms with van der Waals surface area (Å²) in [5.41, 5.74) is 5.96. The van der Waals surface area contributed by atoms with Crippen molar-refractivity contribution >= 4 is 11.6 Å². The van der Waals surface area contributed by atoms with Crippen molar-refractivity contribution in [2.45, 2.75) is 53.8 Å². The van der Waals surface area contributed by atoms with Gasteiger partial charge in [0.05, 0.1) is 5.69 Å². The van der Waals surface area contributed by atoms with E-state index in [9.17, 15) is 0 Å². The standard InChI is InChI=1S/C17H24ClN3/c1-6-21-13(5)17(12(4)20-21)16-8-7-15(18)9-14(16)10-19-11(2)3/h7-9,11,19H,6,10H2,1-5H3. The van der Waals surface area contributed by atoms with E-state index in [1.165, 1.54) is 22.4 Å². The molecular formula is C17H24ClN3. The molecule has 0 saturated heterocycles. The second kappa shape index (κ2) is 6.63. The molecule has 21 heavy (non-hydrogen) atoms. The SMILES string of the molecule is CCn1nc(C)c(-c2ccc(Cl)cc2CNC(C)C)c1C. The van der Waals surface area contributed by atoms with Crippen molar-refractivity contribution in [1.29, 1.82) is 0 Å². The molecular weight excluding hydrogens is 282 g/mol. The Labute approximate surface area is 132 Å². The van der Waals surface area contributed by atoms with Crippen LogP contribution in [0.4, 0.5) is 0 Å². The van der Waals surface area contributed by atoms with Crippen LogP contribution in [0.2, 0.25) is 5.02 Å². The van der Waals surface area contributed by atoms with E-state index in [1.54, 1.807) is 0 Å². The maximum absolute atomic E-state index is 6.18. The van der Waals surface area contributed by atoms with E-state index in [2.05, 4.69) is 61.8 Å². The monoisotopic (exact) mass is 305 g/mol. The second-order valence-electron chi connectivity index (χ2n) is 5.70. The Morgan fingerprint density at radius 1 is 1.29 bits per heavy atom. The third-order valence-electron chi connectivity index (χ3n) is 3.72. The average Bonchev–Trinajstić information content (AvgIpc) is 2.71. The molecule has 0 aliphatic carbocycles. The van der Waals surface area contributed by atoms with Crippen LogP contribution in [-0.2, 0) is 13.1 Å². The number of halogens is 1. The second-order valence-corrected chi connectivity index (χ2v) is 6.14. The summed E-state index contributed by atoms with van der Waals surface area (Å²) >= 11 is 6.18. The highest BCUT2D eigenvalue weighted by Gasteiger charge is 2.16. The Morgan fingerprint density at radius 3 is 2.57 bits per heavy atom. The first kappa shape index (κ1) is 16.1. The molecule has 0 bridgehead atoms. The van der Waals surface area contributed by atoms with Crippen LogP contribution in [0, 0.1) is 13.8 Å². The average molecular weight is 306 g/mol. The zero-order valence-electron chi connectivity index (χ0n) is 13.5. The first-order chi connectivity index (χ1) is 9.93. The van der Waals surface area contributed by atoms with E-state index < -0.39 is 0 Å². The van der Waals surface area contributed by atoms with Crippen molar-refractivity contribution in [1.82, 2.24) is 15.1 Å². The highest BCUT2D eigenvalue weighted by molar-refractivity contribution is 6.30. The van der Waals surface area contributed by atoms with E-state index in [-0.39, 0.29) is 0 Å². The Morgan fingerprint density at radius 2 is 2.00 bits per heavy atom. The predicted molar refractivity (Wildman–Crippen MR) is 89.8 cm³/mol. The Hall–Kier alpha value is -1.32. The molecule has 1 heterocycles. The molecule has 0 aliphatic heterocycles. The lowest BCUT2D eigenvalue weighted by Crippen LogP contribution is -2.22. The molecule has 0 amide bonds. The Kier molecular flexibility index (Phi) is 5.07. The van der Waals surface area contributed by atoms with Gasteiger partial charge >= 0.3 is 0 Å². The van der Waals surface area contributed by atoms with Crippen molar-refractivity contribution in [3.63, 3.8) is 0 Å². The summed E-state index contributed by atoms with van der Waals surface area (Å²) in [7, 11) is 0. The van der Waals surface area contributed by atoms with Gasteiger partial charge in [-0.3, -0.25) is 4.68 Å². The molecule has 1 N–H and O–H groups in total. The highest BCUT2D eigenvalue weighted by Crippen LogP contribution is 2.31. The fourth-order valence-electron chi connectivity index (χ4n) is 2.66. The van der Waals surface area contributed by atoms with Gasteiger partial charge < -0.3 is 5.32 Å². The molecule has 0 fully saturated rings. The van der Waals surface area contributed by atoms with E-state index in [0.29, 0.717) is 6.04 Å². The number of aromatic nitrogens is 2. The van der Waals surface area contributed by atoms with Gasteiger partial charge in [-0.1, -0.05) is 31.5 Å². The largest absolute Gasteiger partial charge is 0.310 e. The van der Waals surface area contributed by atoms with Crippen molar-refractivity contribution in [2.24, 2.45) is 0 Å². The Balaban J connectivity index is 2.50. The molecule has 0 radical (unpaired) electrons. The van der Waals surface area contributed by atoms with Crippen LogP contribution >= 0.6 is 11.6 Å². The van der Waals surface area contributed by atoms with Crippen LogP contribution in [0.3, 0.4) is 0 Å². The van der Waals surface area contributed by atoms with Crippen molar-refractivity contribution in [2.75, 3.05) is 0 Å². The molecule has 3 nitrogen and oxygen atoms in total. The summed E-state index contributed by atoms with van der Waals surface area (Å²) in [4.78, 5) is 0. The molecule has 0 aliphatic rings. The molecule has 4 heteroatoms. The van der Waals surface area contributed by atoms with Gasteiger partial charge in [0, 0.05) is 35.4 Å². The number of aryl methyl sites for hydroxylation is 2. The number of rotatable bonds is 5. The van der Waals surface area contributed by atoms with Gasteiger partial charge in [0.15, 0.2) is 0 Å². The van der Waals surface area contributed by atoms with Gasteiger partial charge in [-0.05, 0) is 44.0 Å². The van der Waals surface area contributed by atoms with E-state index in [1.807, 2.05) is 6.07 Å². The van der Waals surface area contributed by atoms with E-state index in [0.717, 1.165) is 23.8 Å². The fraction of sp³-hybridized carbons (Fsp3) is 0.471. The minimum absolute atomic E-state index is 0.442. The summed E-state index contributed by atoms with van der Waals surface area (Å²) < 4.78 is 2.05. The van der Waals surface area contributed by atoms with Gasteiger partial charge in [-0.2, -0.15) is 5.10 Å². The lowest BCUT2D eigenvalue weighted by atomic mass is 9.98. The van der Waals surface area contributed by atoms with Gasteiger partial charge in [-0.25, -0.2) is 0 Å². The topological polar surface area (TPSA) is 29.9 Å². The van der Waals surface area contributed by atoms with E-state index >= 15 is 0 Å². The van der Waals surface area contributed by atoms with Crippen LogP contribution in [0.25, 0.3) is 11.1 Å². The van der Waals surface area contributed by atoms with E-state index in [4.69, 9.17) is 11.6 Å². The summed E-state index contributed by atoms with van der Waals surface area (Å²) in [6.07, 6.45) is 0. The van der Waals surface area contributed by atoms with Crippen LogP contribution in [-0.4, -0.2) is 15.8 Å². The van der Waals surface area contributed by atoms with Crippen molar-refractivity contribution < 1.29 is 0 Å². The number of nitrogens with one attached hydrogen (secondary N) is 1. The minimum Gasteiger partial charge on any atom is -0.310 e. The molecule has 114 valence electrons. The molecule has 0 atom stereocenters. The van der Waals surface area contributed by atoms with Gasteiger partial charge in [0.1, 0.15) is 0 Å². The molecule has 2 aromatic rings. The van der Waals surface area contributed by atoms with Crippen LogP contribution in [0.1, 0.15) is 37.7 Å². The molecule has 0 spiro atoms. The van der Waals surface area contributed by atoms with Crippen molar-refractivity contribution in [3.8, 4) is 11.1 Å². The van der Waals surface area contributed by atoms with Gasteiger partial charge in [0.25, 0.3) is 0 Å². The summed E-state index contributed by atoms with van der Waals surface area (Å²) in [6.45, 7) is 12.3. The van der Waals surface area contributed by atoms with Gasteiger partial charge in [-0.15, -0.1) is 0 Å². The maximum atomic E-state index is 6.18. The third-order valence-corrected chi connectivity index (χ3v) is 3.95. The van der Waals surface area contributed by atoms with Crippen LogP contribution < -0.4 is 5.32 Å². The smallest absolute Gasteiger partial charge is 0.0675 e. The normalized spacial score (nSPS) is 11.4. The van der Waals surface area contributed by atoms with Gasteiger partial charge in [0.2, 0.25) is 0 Å². The molecule has 0 saturated carbocycles. The van der Waals surface area contributed by atoms with Crippen molar-refractivity contribution in [3.05, 3.63) is 40.2 Å². The maximum Gasteiger partial charge on any atom is 0.0675 e. The summed E-state index contributed by atoms with van der Waals surface area (Å²) in [5, 5.41) is 8.88. The third kappa shape index (κ3) is 3.47. The summed E-state index contributed by atoms with van der Waals surface area (Å²) in [5.74, 6) is 0. The number of benzene rings is 1. The quantitative estimate of drug-likeness (QED) is 0.890. The molecule has 1 aromatic heterocycles. The first-order valence-corrected chi connectivity index (χ1v) is 7.88. The molecule has 0 unspecified atom stereocenters. The number of hydrogen-bond donors (Lipinski definition) is 1. The zero-order chi connectivity index (χ0) is 15.6. The zero-order valence-corrected chi connectivity index (χ0v) is 14.3. The van der Waals surface area contributed by atoms with Crippen LogP contribution in [0.5, 0.6) is 0 Å². The fourth-order valence-corrected chi connectivity index (χ4v) is 2.86. The van der Waals surface area contributed by atoms with Crippen LogP contribution in [0.15, 0.2) is 18.2 Å². The molecule has 2 rings (SSSR count). The minimum atomic E-state index is 0.442. The first-order valence-electron chi connectivity index (χ1n) is 7.50. The predicted octanol–water partition coefficient (Wildman–Crippen LogP) is 4.34. The molecule has 1 aromatic carbocycles.